The maximum Gasteiger partial charge on any atom is 0.180 e. The summed E-state index contributed by atoms with van der Waals surface area (Å²) in [4.78, 5) is 8.67. The summed E-state index contributed by atoms with van der Waals surface area (Å²) in [7, 11) is 1.88. The van der Waals surface area contributed by atoms with Crippen molar-refractivity contribution in [3.05, 3.63) is 30.2 Å². The van der Waals surface area contributed by atoms with Crippen molar-refractivity contribution in [2.75, 3.05) is 0 Å². The third kappa shape index (κ3) is 3.37. The maximum absolute atomic E-state index is 4.34. The van der Waals surface area contributed by atoms with Crippen molar-refractivity contribution in [1.82, 2.24) is 25.1 Å². The highest BCUT2D eigenvalue weighted by Gasteiger charge is 2.09. The van der Waals surface area contributed by atoms with Gasteiger partial charge in [-0.05, 0) is 26.8 Å². The SMILES string of the molecule is Cn1ccc(-c2ncc(CNC(C)(C)C)cn2)n1. The normalized spacial score (nSPS) is 11.8. The van der Waals surface area contributed by atoms with Crippen LogP contribution >= 0.6 is 0 Å². The molecule has 0 unspecified atom stereocenters. The molecule has 0 bridgehead atoms. The number of nitrogens with zero attached hydrogens (tertiary/aromatic N) is 4. The molecule has 0 aromatic carbocycles. The summed E-state index contributed by atoms with van der Waals surface area (Å²) in [5.41, 5.74) is 1.97. The van der Waals surface area contributed by atoms with Crippen molar-refractivity contribution in [1.29, 1.82) is 0 Å². The molecular weight excluding hydrogens is 226 g/mol. The number of hydrogen-bond acceptors (Lipinski definition) is 4. The van der Waals surface area contributed by atoms with E-state index in [1.54, 1.807) is 4.68 Å². The second-order valence-electron chi connectivity index (χ2n) is 5.39. The third-order valence-electron chi connectivity index (χ3n) is 2.47. The molecule has 5 heteroatoms. The Morgan fingerprint density at radius 3 is 2.39 bits per heavy atom. The van der Waals surface area contributed by atoms with E-state index in [0.717, 1.165) is 17.8 Å². The Morgan fingerprint density at radius 1 is 1.22 bits per heavy atom. The molecule has 0 aliphatic heterocycles. The number of aryl methyl sites for hydroxylation is 1. The van der Waals surface area contributed by atoms with Gasteiger partial charge in [-0.25, -0.2) is 9.97 Å². The molecule has 0 aliphatic rings. The molecule has 0 fully saturated rings. The Balaban J connectivity index is 2.06. The van der Waals surface area contributed by atoms with Crippen LogP contribution in [0.4, 0.5) is 0 Å². The lowest BCUT2D eigenvalue weighted by Crippen LogP contribution is -2.35. The fourth-order valence-electron chi connectivity index (χ4n) is 1.48. The van der Waals surface area contributed by atoms with Gasteiger partial charge >= 0.3 is 0 Å². The second kappa shape index (κ2) is 4.86. The Bertz CT molecular complexity index is 507. The Kier molecular flexibility index (Phi) is 3.43. The molecule has 96 valence electrons. The van der Waals surface area contributed by atoms with Crippen LogP contribution in [0, 0.1) is 0 Å². The third-order valence-corrected chi connectivity index (χ3v) is 2.47. The van der Waals surface area contributed by atoms with Crippen molar-refractivity contribution in [3.8, 4) is 11.5 Å². The molecule has 2 aromatic rings. The first-order chi connectivity index (χ1) is 8.44. The Morgan fingerprint density at radius 2 is 1.89 bits per heavy atom. The summed E-state index contributed by atoms with van der Waals surface area (Å²) in [6.07, 6.45) is 5.57. The quantitative estimate of drug-likeness (QED) is 0.895. The van der Waals surface area contributed by atoms with E-state index in [9.17, 15) is 0 Å². The molecule has 0 atom stereocenters. The monoisotopic (exact) mass is 245 g/mol. The Hall–Kier alpha value is -1.75. The van der Waals surface area contributed by atoms with Crippen molar-refractivity contribution in [2.24, 2.45) is 7.05 Å². The van der Waals surface area contributed by atoms with E-state index in [1.165, 1.54) is 0 Å². The van der Waals surface area contributed by atoms with Gasteiger partial charge in [-0.1, -0.05) is 0 Å². The minimum Gasteiger partial charge on any atom is -0.308 e. The first kappa shape index (κ1) is 12.7. The first-order valence-electron chi connectivity index (χ1n) is 6.00. The smallest absolute Gasteiger partial charge is 0.180 e. The van der Waals surface area contributed by atoms with E-state index in [4.69, 9.17) is 0 Å². The van der Waals surface area contributed by atoms with Gasteiger partial charge in [0.15, 0.2) is 5.82 Å². The van der Waals surface area contributed by atoms with Gasteiger partial charge < -0.3 is 5.32 Å². The average molecular weight is 245 g/mol. The van der Waals surface area contributed by atoms with Crippen LogP contribution < -0.4 is 5.32 Å². The molecule has 0 aliphatic carbocycles. The fraction of sp³-hybridized carbons (Fsp3) is 0.462. The number of rotatable bonds is 3. The lowest BCUT2D eigenvalue weighted by Gasteiger charge is -2.20. The molecule has 2 heterocycles. The molecule has 5 nitrogen and oxygen atoms in total. The van der Waals surface area contributed by atoms with Crippen molar-refractivity contribution >= 4 is 0 Å². The van der Waals surface area contributed by atoms with Crippen LogP contribution in [0.2, 0.25) is 0 Å². The molecule has 1 N–H and O–H groups in total. The van der Waals surface area contributed by atoms with Crippen LogP contribution in [0.1, 0.15) is 26.3 Å². The zero-order chi connectivity index (χ0) is 13.2. The van der Waals surface area contributed by atoms with Crippen molar-refractivity contribution < 1.29 is 0 Å². The van der Waals surface area contributed by atoms with Gasteiger partial charge in [0.1, 0.15) is 5.69 Å². The summed E-state index contributed by atoms with van der Waals surface area (Å²) < 4.78 is 1.74. The molecular formula is C13H19N5. The molecule has 0 radical (unpaired) electrons. The summed E-state index contributed by atoms with van der Waals surface area (Å²) in [6.45, 7) is 7.17. The van der Waals surface area contributed by atoms with Crippen LogP contribution in [0.3, 0.4) is 0 Å². The highest BCUT2D eigenvalue weighted by atomic mass is 15.3. The minimum atomic E-state index is 0.0969. The highest BCUT2D eigenvalue weighted by molar-refractivity contribution is 5.47. The molecule has 0 saturated heterocycles. The summed E-state index contributed by atoms with van der Waals surface area (Å²) in [5, 5.41) is 7.67. The Labute approximate surface area is 107 Å². The van der Waals surface area contributed by atoms with E-state index in [2.05, 4.69) is 41.2 Å². The van der Waals surface area contributed by atoms with Crippen LogP contribution in [0.5, 0.6) is 0 Å². The predicted octanol–water partition coefficient (Wildman–Crippen LogP) is 1.77. The maximum atomic E-state index is 4.34. The van der Waals surface area contributed by atoms with Gasteiger partial charge in [-0.15, -0.1) is 0 Å². The average Bonchev–Trinajstić information content (AvgIpc) is 2.73. The summed E-state index contributed by atoms with van der Waals surface area (Å²) >= 11 is 0. The summed E-state index contributed by atoms with van der Waals surface area (Å²) in [5.74, 6) is 0.662. The van der Waals surface area contributed by atoms with Crippen molar-refractivity contribution in [3.63, 3.8) is 0 Å². The van der Waals surface area contributed by atoms with E-state index < -0.39 is 0 Å². The zero-order valence-electron chi connectivity index (χ0n) is 11.3. The highest BCUT2D eigenvalue weighted by Crippen LogP contribution is 2.11. The minimum absolute atomic E-state index is 0.0969. The fourth-order valence-corrected chi connectivity index (χ4v) is 1.48. The van der Waals surface area contributed by atoms with Gasteiger partial charge in [0.05, 0.1) is 0 Å². The lowest BCUT2D eigenvalue weighted by molar-refractivity contribution is 0.423. The molecule has 2 rings (SSSR count). The van der Waals surface area contributed by atoms with Gasteiger partial charge in [0.2, 0.25) is 0 Å². The molecule has 18 heavy (non-hydrogen) atoms. The number of hydrogen-bond donors (Lipinski definition) is 1. The molecule has 0 amide bonds. The van der Waals surface area contributed by atoms with Crippen LogP contribution in [-0.2, 0) is 13.6 Å². The largest absolute Gasteiger partial charge is 0.308 e. The number of nitrogens with one attached hydrogen (secondary N) is 1. The summed E-state index contributed by atoms with van der Waals surface area (Å²) in [6, 6.07) is 1.91. The van der Waals surface area contributed by atoms with Gasteiger partial charge in [0, 0.05) is 43.3 Å². The molecule has 2 aromatic heterocycles. The van der Waals surface area contributed by atoms with Crippen molar-refractivity contribution in [2.45, 2.75) is 32.9 Å². The van der Waals surface area contributed by atoms with Gasteiger partial charge in [-0.3, -0.25) is 4.68 Å². The van der Waals surface area contributed by atoms with E-state index in [1.807, 2.05) is 31.7 Å². The molecule has 0 saturated carbocycles. The standard InChI is InChI=1S/C13H19N5/c1-13(2,3)16-9-10-7-14-12(15-8-10)11-5-6-18(4)17-11/h5-8,16H,9H2,1-4H3. The van der Waals surface area contributed by atoms with E-state index >= 15 is 0 Å². The number of aromatic nitrogens is 4. The van der Waals surface area contributed by atoms with Crippen LogP contribution in [0.15, 0.2) is 24.7 Å². The second-order valence-corrected chi connectivity index (χ2v) is 5.39. The predicted molar refractivity (Wildman–Crippen MR) is 70.8 cm³/mol. The van der Waals surface area contributed by atoms with E-state index in [-0.39, 0.29) is 5.54 Å². The first-order valence-corrected chi connectivity index (χ1v) is 6.00. The van der Waals surface area contributed by atoms with Crippen LogP contribution in [0.25, 0.3) is 11.5 Å². The zero-order valence-corrected chi connectivity index (χ0v) is 11.3. The van der Waals surface area contributed by atoms with Gasteiger partial charge in [-0.2, -0.15) is 5.10 Å². The lowest BCUT2D eigenvalue weighted by atomic mass is 10.1. The molecule has 0 spiro atoms. The van der Waals surface area contributed by atoms with Crippen LogP contribution in [-0.4, -0.2) is 25.3 Å². The topological polar surface area (TPSA) is 55.6 Å². The van der Waals surface area contributed by atoms with E-state index in [0.29, 0.717) is 5.82 Å². The van der Waals surface area contributed by atoms with Gasteiger partial charge in [0.25, 0.3) is 0 Å².